The first-order valence-corrected chi connectivity index (χ1v) is 9.49. The number of nitrogens with zero attached hydrogens (tertiary/aromatic N) is 4. The lowest BCUT2D eigenvalue weighted by Gasteiger charge is -2.20. The normalized spacial score (nSPS) is 11.6. The van der Waals surface area contributed by atoms with Crippen LogP contribution < -0.4 is 0 Å². The molecule has 2 aromatic heterocycles. The van der Waals surface area contributed by atoms with Gasteiger partial charge in [0.05, 0.1) is 22.8 Å². The van der Waals surface area contributed by atoms with Gasteiger partial charge in [0.25, 0.3) is 5.91 Å². The number of carbonyl (C=O) groups excluding carboxylic acids is 1. The molecule has 1 amide bonds. The van der Waals surface area contributed by atoms with E-state index in [1.165, 1.54) is 0 Å². The highest BCUT2D eigenvalue weighted by atomic mass is 16.2. The van der Waals surface area contributed by atoms with Crippen LogP contribution in [0, 0.1) is 12.8 Å². The van der Waals surface area contributed by atoms with Gasteiger partial charge in [0.2, 0.25) is 0 Å². The van der Waals surface area contributed by atoms with E-state index in [1.807, 2.05) is 36.0 Å². The first-order valence-electron chi connectivity index (χ1n) is 9.49. The number of hydrogen-bond acceptors (Lipinski definition) is 3. The van der Waals surface area contributed by atoms with Crippen LogP contribution in [-0.4, -0.2) is 39.2 Å². The molecular formula is C22H28N4O. The second kappa shape index (κ2) is 7.51. The van der Waals surface area contributed by atoms with Gasteiger partial charge in [-0.05, 0) is 38.3 Å². The van der Waals surface area contributed by atoms with Crippen molar-refractivity contribution in [3.05, 3.63) is 47.7 Å². The topological polar surface area (TPSA) is 51.0 Å². The average Bonchev–Trinajstić information content (AvgIpc) is 3.04. The van der Waals surface area contributed by atoms with E-state index in [-0.39, 0.29) is 11.9 Å². The lowest BCUT2D eigenvalue weighted by atomic mass is 10.0. The zero-order chi connectivity index (χ0) is 19.7. The summed E-state index contributed by atoms with van der Waals surface area (Å²) in [7, 11) is 1.86. The van der Waals surface area contributed by atoms with E-state index in [2.05, 4.69) is 45.8 Å². The van der Waals surface area contributed by atoms with E-state index in [0.717, 1.165) is 27.9 Å². The molecule has 0 N–H and O–H groups in total. The molecule has 5 heteroatoms. The van der Waals surface area contributed by atoms with Crippen LogP contribution in [0.3, 0.4) is 0 Å². The van der Waals surface area contributed by atoms with Crippen molar-refractivity contribution < 1.29 is 4.79 Å². The highest BCUT2D eigenvalue weighted by molar-refractivity contribution is 6.06. The third-order valence-electron chi connectivity index (χ3n) is 4.69. The Labute approximate surface area is 161 Å². The summed E-state index contributed by atoms with van der Waals surface area (Å²) in [4.78, 5) is 19.9. The molecule has 3 aromatic rings. The van der Waals surface area contributed by atoms with Gasteiger partial charge >= 0.3 is 0 Å². The van der Waals surface area contributed by atoms with Crippen LogP contribution in [0.5, 0.6) is 0 Å². The summed E-state index contributed by atoms with van der Waals surface area (Å²) in [5.74, 6) is 0.416. The Morgan fingerprint density at radius 3 is 2.52 bits per heavy atom. The van der Waals surface area contributed by atoms with Crippen LogP contribution >= 0.6 is 0 Å². The molecule has 0 aliphatic rings. The fourth-order valence-corrected chi connectivity index (χ4v) is 3.41. The monoisotopic (exact) mass is 364 g/mol. The molecule has 0 fully saturated rings. The fourth-order valence-electron chi connectivity index (χ4n) is 3.41. The molecule has 142 valence electrons. The molecule has 5 nitrogen and oxygen atoms in total. The molecule has 0 radical (unpaired) electrons. The van der Waals surface area contributed by atoms with Gasteiger partial charge in [-0.15, -0.1) is 0 Å². The number of aryl methyl sites for hydroxylation is 1. The van der Waals surface area contributed by atoms with Crippen LogP contribution in [-0.2, 0) is 0 Å². The number of aromatic nitrogens is 3. The van der Waals surface area contributed by atoms with Crippen LogP contribution in [0.1, 0.15) is 49.7 Å². The third kappa shape index (κ3) is 3.72. The van der Waals surface area contributed by atoms with E-state index < -0.39 is 0 Å². The average molecular weight is 364 g/mol. The van der Waals surface area contributed by atoms with E-state index in [1.54, 1.807) is 11.1 Å². The molecule has 0 unspecified atom stereocenters. The lowest BCUT2D eigenvalue weighted by Crippen LogP contribution is -2.30. The van der Waals surface area contributed by atoms with Crippen molar-refractivity contribution in [2.45, 2.75) is 40.7 Å². The Bertz CT molecular complexity index is 972. The van der Waals surface area contributed by atoms with Crippen LogP contribution in [0.4, 0.5) is 0 Å². The second-order valence-electron chi connectivity index (χ2n) is 7.87. The van der Waals surface area contributed by atoms with Gasteiger partial charge in [-0.25, -0.2) is 9.67 Å². The highest BCUT2D eigenvalue weighted by Gasteiger charge is 2.21. The number of fused-ring (bicyclic) bond motifs is 1. The summed E-state index contributed by atoms with van der Waals surface area (Å²) in [5, 5.41) is 5.31. The minimum atomic E-state index is 0.00856. The van der Waals surface area contributed by atoms with Crippen LogP contribution in [0.25, 0.3) is 22.3 Å². The number of carbonyl (C=O) groups is 1. The Morgan fingerprint density at radius 2 is 1.89 bits per heavy atom. The molecule has 0 aliphatic heterocycles. The van der Waals surface area contributed by atoms with Crippen molar-refractivity contribution in [1.29, 1.82) is 0 Å². The van der Waals surface area contributed by atoms with Crippen molar-refractivity contribution in [3.8, 4) is 11.3 Å². The van der Waals surface area contributed by atoms with E-state index in [4.69, 9.17) is 4.98 Å². The maximum absolute atomic E-state index is 13.2. The fraction of sp³-hybridized carbons (Fsp3) is 0.409. The lowest BCUT2D eigenvalue weighted by molar-refractivity contribution is 0.0781. The molecule has 1 aromatic carbocycles. The second-order valence-corrected chi connectivity index (χ2v) is 7.87. The Hall–Kier alpha value is -2.69. The van der Waals surface area contributed by atoms with Crippen LogP contribution in [0.2, 0.25) is 0 Å². The van der Waals surface area contributed by atoms with Gasteiger partial charge in [0, 0.05) is 25.2 Å². The zero-order valence-corrected chi connectivity index (χ0v) is 17.0. The number of pyridine rings is 1. The predicted molar refractivity (Wildman–Crippen MR) is 110 cm³/mol. The first-order chi connectivity index (χ1) is 12.8. The largest absolute Gasteiger partial charge is 0.341 e. The van der Waals surface area contributed by atoms with Crippen molar-refractivity contribution in [1.82, 2.24) is 19.7 Å². The van der Waals surface area contributed by atoms with Gasteiger partial charge in [-0.3, -0.25) is 4.79 Å². The highest BCUT2D eigenvalue weighted by Crippen LogP contribution is 2.28. The van der Waals surface area contributed by atoms with Crippen LogP contribution in [0.15, 0.2) is 36.5 Å². The summed E-state index contributed by atoms with van der Waals surface area (Å²) in [6.45, 7) is 11.1. The SMILES string of the molecule is Cc1ccccc1-c1cc(C(=O)N(C)CC(C)C)c2cnn(C(C)C)c2n1. The summed E-state index contributed by atoms with van der Waals surface area (Å²) in [5.41, 5.74) is 4.40. The van der Waals surface area contributed by atoms with E-state index >= 15 is 0 Å². The molecule has 0 saturated heterocycles. The molecule has 2 heterocycles. The van der Waals surface area contributed by atoms with Gasteiger partial charge in [0.15, 0.2) is 5.65 Å². The quantitative estimate of drug-likeness (QED) is 0.658. The third-order valence-corrected chi connectivity index (χ3v) is 4.69. The standard InChI is InChI=1S/C22H28N4O/c1-14(2)13-25(6)22(27)18-11-20(17-10-8-7-9-16(17)5)24-21-19(18)12-23-26(21)15(3)4/h7-12,14-15H,13H2,1-6H3. The van der Waals surface area contributed by atoms with Crippen molar-refractivity contribution >= 4 is 16.9 Å². The maximum Gasteiger partial charge on any atom is 0.254 e. The molecule has 0 bridgehead atoms. The minimum absolute atomic E-state index is 0.00856. The summed E-state index contributed by atoms with van der Waals surface area (Å²) >= 11 is 0. The van der Waals surface area contributed by atoms with Gasteiger partial charge < -0.3 is 4.90 Å². The Morgan fingerprint density at radius 1 is 1.19 bits per heavy atom. The van der Waals surface area contributed by atoms with E-state index in [0.29, 0.717) is 18.0 Å². The minimum Gasteiger partial charge on any atom is -0.341 e. The number of amides is 1. The summed E-state index contributed by atoms with van der Waals surface area (Å²) in [6.07, 6.45) is 1.76. The summed E-state index contributed by atoms with van der Waals surface area (Å²) in [6, 6.07) is 10.2. The number of benzene rings is 1. The predicted octanol–water partition coefficient (Wildman–Crippen LogP) is 4.72. The van der Waals surface area contributed by atoms with Crippen molar-refractivity contribution in [3.63, 3.8) is 0 Å². The first kappa shape index (κ1) is 19.1. The van der Waals surface area contributed by atoms with Gasteiger partial charge in [0.1, 0.15) is 0 Å². The molecule has 27 heavy (non-hydrogen) atoms. The van der Waals surface area contributed by atoms with Crippen molar-refractivity contribution in [2.75, 3.05) is 13.6 Å². The molecule has 0 atom stereocenters. The summed E-state index contributed by atoms with van der Waals surface area (Å²) < 4.78 is 1.89. The van der Waals surface area contributed by atoms with E-state index in [9.17, 15) is 4.79 Å². The Kier molecular flexibility index (Phi) is 5.31. The molecule has 0 aliphatic carbocycles. The Balaban J connectivity index is 2.23. The number of rotatable bonds is 5. The number of hydrogen-bond donors (Lipinski definition) is 0. The van der Waals surface area contributed by atoms with Gasteiger partial charge in [-0.2, -0.15) is 5.10 Å². The molecule has 0 spiro atoms. The smallest absolute Gasteiger partial charge is 0.254 e. The molecule has 3 rings (SSSR count). The zero-order valence-electron chi connectivity index (χ0n) is 17.0. The maximum atomic E-state index is 13.2. The van der Waals surface area contributed by atoms with Gasteiger partial charge in [-0.1, -0.05) is 38.1 Å². The van der Waals surface area contributed by atoms with Crippen molar-refractivity contribution in [2.24, 2.45) is 5.92 Å². The molecular weight excluding hydrogens is 336 g/mol. The molecule has 0 saturated carbocycles.